The summed E-state index contributed by atoms with van der Waals surface area (Å²) in [7, 11) is 0. The molecule has 0 aliphatic carbocycles. The van der Waals surface area contributed by atoms with Gasteiger partial charge in [-0.15, -0.1) is 0 Å². The molecule has 0 amide bonds. The third-order valence-corrected chi connectivity index (χ3v) is 4.46. The van der Waals surface area contributed by atoms with Crippen molar-refractivity contribution in [2.24, 2.45) is 0 Å². The van der Waals surface area contributed by atoms with Gasteiger partial charge in [0.05, 0.1) is 0 Å². The molecule has 0 aromatic rings. The number of hydrogen-bond acceptors (Lipinski definition) is 0. The molecule has 0 heterocycles. The first kappa shape index (κ1) is 22.8. The minimum Gasteiger partial charge on any atom is -0.171 e. The van der Waals surface area contributed by atoms with E-state index < -0.39 is 12.6 Å². The van der Waals surface area contributed by atoms with Gasteiger partial charge in [0.2, 0.25) is 0 Å². The van der Waals surface area contributed by atoms with Gasteiger partial charge >= 0.3 is 6.18 Å². The van der Waals surface area contributed by atoms with E-state index in [2.05, 4.69) is 6.92 Å². The van der Waals surface area contributed by atoms with E-state index in [0.717, 1.165) is 25.7 Å². The number of unbranched alkanes of at least 4 members (excludes halogenated alkanes) is 16. The van der Waals surface area contributed by atoms with Crippen molar-refractivity contribution in [1.82, 2.24) is 0 Å². The van der Waals surface area contributed by atoms with Crippen molar-refractivity contribution in [2.75, 3.05) is 0 Å². The fraction of sp³-hybridized carbons (Fsp3) is 0.950. The highest BCUT2D eigenvalue weighted by atomic mass is 19.4. The molecular weight excluding hydrogens is 297 g/mol. The summed E-state index contributed by atoms with van der Waals surface area (Å²) in [5, 5.41) is 0. The fourth-order valence-corrected chi connectivity index (χ4v) is 2.98. The van der Waals surface area contributed by atoms with Crippen LogP contribution in [0.5, 0.6) is 0 Å². The molecule has 3 heteroatoms. The Morgan fingerprint density at radius 1 is 0.435 bits per heavy atom. The van der Waals surface area contributed by atoms with Crippen LogP contribution in [0.1, 0.15) is 116 Å². The summed E-state index contributed by atoms with van der Waals surface area (Å²) in [4.78, 5) is 0. The number of alkyl halides is 3. The zero-order chi connectivity index (χ0) is 17.2. The summed E-state index contributed by atoms with van der Waals surface area (Å²) in [6.45, 7) is 3.86. The first-order valence-electron chi connectivity index (χ1n) is 9.92. The van der Waals surface area contributed by atoms with Crippen molar-refractivity contribution in [3.63, 3.8) is 0 Å². The third-order valence-electron chi connectivity index (χ3n) is 4.46. The second-order valence-corrected chi connectivity index (χ2v) is 6.88. The Morgan fingerprint density at radius 3 is 0.957 bits per heavy atom. The van der Waals surface area contributed by atoms with E-state index in [0.29, 0.717) is 6.42 Å². The van der Waals surface area contributed by atoms with Gasteiger partial charge in [-0.1, -0.05) is 110 Å². The Morgan fingerprint density at radius 2 is 0.696 bits per heavy atom. The summed E-state index contributed by atoms with van der Waals surface area (Å²) < 4.78 is 35.8. The van der Waals surface area contributed by atoms with Crippen LogP contribution >= 0.6 is 0 Å². The van der Waals surface area contributed by atoms with Gasteiger partial charge in [-0.2, -0.15) is 13.2 Å². The zero-order valence-electron chi connectivity index (χ0n) is 15.1. The van der Waals surface area contributed by atoms with Gasteiger partial charge in [-0.3, -0.25) is 0 Å². The maximum absolute atomic E-state index is 11.9. The van der Waals surface area contributed by atoms with Crippen molar-refractivity contribution in [3.8, 4) is 0 Å². The van der Waals surface area contributed by atoms with E-state index >= 15 is 0 Å². The van der Waals surface area contributed by atoms with E-state index in [4.69, 9.17) is 0 Å². The SMILES string of the molecule is [CH2]CCCCCCCCCCCCCCCCCCC(F)(F)F. The number of rotatable bonds is 17. The fourth-order valence-electron chi connectivity index (χ4n) is 2.98. The minimum atomic E-state index is -3.97. The average Bonchev–Trinajstić information content (AvgIpc) is 2.49. The second-order valence-electron chi connectivity index (χ2n) is 6.88. The van der Waals surface area contributed by atoms with Gasteiger partial charge in [0.15, 0.2) is 0 Å². The first-order valence-corrected chi connectivity index (χ1v) is 9.92. The Bertz CT molecular complexity index is 223. The highest BCUT2D eigenvalue weighted by Crippen LogP contribution is 2.23. The molecule has 0 nitrogen and oxygen atoms in total. The molecule has 0 unspecified atom stereocenters. The molecule has 139 valence electrons. The molecular formula is C20H38F3. The summed E-state index contributed by atoms with van der Waals surface area (Å²) in [5.41, 5.74) is 0. The normalized spacial score (nSPS) is 12.0. The summed E-state index contributed by atoms with van der Waals surface area (Å²) >= 11 is 0. The van der Waals surface area contributed by atoms with Crippen LogP contribution in [-0.4, -0.2) is 6.18 Å². The molecule has 0 aromatic carbocycles. The number of hydrogen-bond donors (Lipinski definition) is 0. The maximum Gasteiger partial charge on any atom is 0.389 e. The van der Waals surface area contributed by atoms with E-state index in [1.165, 1.54) is 77.0 Å². The van der Waals surface area contributed by atoms with Crippen LogP contribution in [0.4, 0.5) is 13.2 Å². The molecule has 0 saturated heterocycles. The van der Waals surface area contributed by atoms with E-state index in [9.17, 15) is 13.2 Å². The Labute approximate surface area is 142 Å². The highest BCUT2D eigenvalue weighted by molar-refractivity contribution is 4.53. The van der Waals surface area contributed by atoms with E-state index in [1.807, 2.05) is 0 Å². The highest BCUT2D eigenvalue weighted by Gasteiger charge is 2.25. The largest absolute Gasteiger partial charge is 0.389 e. The monoisotopic (exact) mass is 335 g/mol. The molecule has 0 aromatic heterocycles. The van der Waals surface area contributed by atoms with Crippen molar-refractivity contribution >= 4 is 0 Å². The van der Waals surface area contributed by atoms with E-state index in [1.54, 1.807) is 0 Å². The van der Waals surface area contributed by atoms with Crippen LogP contribution < -0.4 is 0 Å². The zero-order valence-corrected chi connectivity index (χ0v) is 15.1. The molecule has 0 atom stereocenters. The van der Waals surface area contributed by atoms with Crippen LogP contribution in [-0.2, 0) is 0 Å². The van der Waals surface area contributed by atoms with Gasteiger partial charge < -0.3 is 0 Å². The lowest BCUT2D eigenvalue weighted by Gasteiger charge is -2.05. The van der Waals surface area contributed by atoms with Crippen LogP contribution in [0.25, 0.3) is 0 Å². The Kier molecular flexibility index (Phi) is 16.5. The van der Waals surface area contributed by atoms with Crippen molar-refractivity contribution < 1.29 is 13.2 Å². The molecule has 0 fully saturated rings. The Hall–Kier alpha value is -0.210. The van der Waals surface area contributed by atoms with Crippen molar-refractivity contribution in [3.05, 3.63) is 6.92 Å². The molecule has 0 bridgehead atoms. The summed E-state index contributed by atoms with van der Waals surface area (Å²) in [5.74, 6) is 0. The van der Waals surface area contributed by atoms with Crippen molar-refractivity contribution in [1.29, 1.82) is 0 Å². The standard InChI is InChI=1S/C20H38F3/c1-2-3-4-5-6-7-8-9-10-11-12-13-14-15-16-17-18-19-20(21,22)23/h1-19H2. The molecule has 0 aliphatic heterocycles. The predicted octanol–water partition coefficient (Wildman–Crippen LogP) is 8.40. The average molecular weight is 336 g/mol. The topological polar surface area (TPSA) is 0 Å². The molecule has 0 saturated carbocycles. The molecule has 0 spiro atoms. The predicted molar refractivity (Wildman–Crippen MR) is 94.5 cm³/mol. The first-order chi connectivity index (χ1) is 11.1. The lowest BCUT2D eigenvalue weighted by molar-refractivity contribution is -0.135. The smallest absolute Gasteiger partial charge is 0.171 e. The van der Waals surface area contributed by atoms with Gasteiger partial charge in [-0.05, 0) is 6.42 Å². The number of halogens is 3. The quantitative estimate of drug-likeness (QED) is 0.234. The summed E-state index contributed by atoms with van der Waals surface area (Å²) in [6, 6.07) is 0. The third kappa shape index (κ3) is 21.8. The van der Waals surface area contributed by atoms with Gasteiger partial charge in [0, 0.05) is 6.42 Å². The van der Waals surface area contributed by atoms with Crippen LogP contribution in [0.3, 0.4) is 0 Å². The van der Waals surface area contributed by atoms with Crippen molar-refractivity contribution in [2.45, 2.75) is 122 Å². The molecule has 23 heavy (non-hydrogen) atoms. The van der Waals surface area contributed by atoms with E-state index in [-0.39, 0.29) is 0 Å². The lowest BCUT2D eigenvalue weighted by atomic mass is 10.0. The van der Waals surface area contributed by atoms with Gasteiger partial charge in [0.25, 0.3) is 0 Å². The van der Waals surface area contributed by atoms with Crippen LogP contribution in [0, 0.1) is 6.92 Å². The second kappa shape index (κ2) is 16.6. The Balaban J connectivity index is 3.00. The van der Waals surface area contributed by atoms with Crippen LogP contribution in [0.2, 0.25) is 0 Å². The van der Waals surface area contributed by atoms with Gasteiger partial charge in [-0.25, -0.2) is 0 Å². The minimum absolute atomic E-state index is 0.304. The summed E-state index contributed by atoms with van der Waals surface area (Å²) in [6.07, 6.45) is 15.5. The molecule has 1 radical (unpaired) electrons. The molecule has 0 rings (SSSR count). The molecule has 0 aliphatic rings. The van der Waals surface area contributed by atoms with Gasteiger partial charge in [0.1, 0.15) is 0 Å². The maximum atomic E-state index is 11.9. The van der Waals surface area contributed by atoms with Crippen LogP contribution in [0.15, 0.2) is 0 Å². The lowest BCUT2D eigenvalue weighted by Crippen LogP contribution is -2.06. The molecule has 0 N–H and O–H groups in total.